The van der Waals surface area contributed by atoms with Crippen molar-refractivity contribution in [3.05, 3.63) is 193 Å². The van der Waals surface area contributed by atoms with Gasteiger partial charge in [-0.25, -0.2) is 15.3 Å². The smallest absolute Gasteiger partial charge is 0.872 e. The average molecular weight is 779 g/mol. The molecule has 2 N–H and O–H groups in total. The van der Waals surface area contributed by atoms with E-state index in [1.165, 1.54) is 6.07 Å². The van der Waals surface area contributed by atoms with Gasteiger partial charge in [-0.05, 0) is 56.1 Å². The number of aryl methyl sites for hydroxylation is 3. The van der Waals surface area contributed by atoms with Crippen LogP contribution in [0.2, 0.25) is 0 Å². The predicted octanol–water partition coefficient (Wildman–Crippen LogP) is 7.94. The maximum absolute atomic E-state index is 10.9. The van der Waals surface area contributed by atoms with Crippen molar-refractivity contribution < 1.29 is 24.6 Å². The molecule has 0 aliphatic rings. The molecule has 3 heterocycles. The molecule has 0 saturated carbocycles. The van der Waals surface area contributed by atoms with Gasteiger partial charge in [0.2, 0.25) is 0 Å². The fourth-order valence-corrected chi connectivity index (χ4v) is 6.24. The molecule has 0 amide bonds. The van der Waals surface area contributed by atoms with Crippen LogP contribution in [0.3, 0.4) is 0 Å². The number of hydrogen-bond donors (Lipinski definition) is 1. The third-order valence-corrected chi connectivity index (χ3v) is 9.00. The minimum Gasteiger partial charge on any atom is -0.872 e. The molecule has 8 rings (SSSR count). The number of thiocarbonyl (C=S) groups is 1. The first-order valence-corrected chi connectivity index (χ1v) is 17.8. The van der Waals surface area contributed by atoms with E-state index in [2.05, 4.69) is 101 Å². The van der Waals surface area contributed by atoms with E-state index in [0.29, 0.717) is 5.56 Å². The van der Waals surface area contributed by atoms with Gasteiger partial charge in [-0.3, -0.25) is 0 Å². The van der Waals surface area contributed by atoms with E-state index in [1.54, 1.807) is 18.2 Å². The van der Waals surface area contributed by atoms with Crippen LogP contribution in [0.15, 0.2) is 170 Å². The van der Waals surface area contributed by atoms with E-state index in [9.17, 15) is 5.11 Å². The first-order valence-electron chi connectivity index (χ1n) is 17.4. The molecule has 0 saturated heterocycles. The minimum absolute atomic E-state index is 0. The zero-order valence-corrected chi connectivity index (χ0v) is 34.4. The van der Waals surface area contributed by atoms with Crippen molar-refractivity contribution in [3.63, 3.8) is 0 Å². The first kappa shape index (κ1) is 39.3. The molecule has 0 spiro atoms. The molecule has 0 aliphatic heterocycles. The van der Waals surface area contributed by atoms with E-state index in [0.717, 1.165) is 50.9 Å². The van der Waals surface area contributed by atoms with Crippen LogP contribution in [-0.4, -0.2) is 41.2 Å². The Morgan fingerprint density at radius 1 is 0.500 bits per heavy atom. The number of nitrogens with zero attached hydrogens (tertiary/aromatic N) is 6. The van der Waals surface area contributed by atoms with Crippen LogP contribution in [0.25, 0.3) is 33.8 Å². The summed E-state index contributed by atoms with van der Waals surface area (Å²) in [4.78, 5) is 0.158. The van der Waals surface area contributed by atoms with E-state index in [4.69, 9.17) is 21.0 Å². The van der Waals surface area contributed by atoms with Crippen LogP contribution in [-0.2, 0) is 19.5 Å². The van der Waals surface area contributed by atoms with Crippen molar-refractivity contribution in [1.29, 1.82) is 0 Å². The summed E-state index contributed by atoms with van der Waals surface area (Å²) >= 11 is 4.63. The average Bonchev–Trinajstić information content (AvgIpc) is 3.91. The van der Waals surface area contributed by atoms with Crippen LogP contribution in [0, 0.1) is 20.8 Å². The number of benzene rings is 5. The SMILES string of the molecule is Cc1cc(-c2ccccc2)nn1[BH-](n1nc(-c2ccccc2)cc1C)n1nc(-c2ccccc2)cc1C.NC(=S)c1ccccc1[O-].[Zn+2].c1ccccc1. The Labute approximate surface area is 334 Å². The summed E-state index contributed by atoms with van der Waals surface area (Å²) in [6.45, 7) is 6.31. The Kier molecular flexibility index (Phi) is 13.6. The molecule has 264 valence electrons. The molecule has 0 bridgehead atoms. The van der Waals surface area contributed by atoms with Crippen molar-refractivity contribution in [3.8, 4) is 39.5 Å². The number of rotatable bonds is 7. The number of para-hydroxylation sites is 1. The zero-order valence-electron chi connectivity index (χ0n) is 30.7. The second-order valence-electron chi connectivity index (χ2n) is 12.5. The fraction of sp³-hybridized carbons (Fsp3) is 0.0698. The van der Waals surface area contributed by atoms with Gasteiger partial charge in [0.25, 0.3) is 0 Å². The molecular formula is C43H40BN7OSZn. The van der Waals surface area contributed by atoms with E-state index in [-0.39, 0.29) is 30.2 Å². The molecule has 5 aromatic carbocycles. The van der Waals surface area contributed by atoms with Gasteiger partial charge in [-0.2, -0.15) is 0 Å². The maximum Gasteiger partial charge on any atom is 2.00 e. The van der Waals surface area contributed by atoms with Gasteiger partial charge < -0.3 is 24.6 Å². The van der Waals surface area contributed by atoms with Gasteiger partial charge >= 0.3 is 26.6 Å². The van der Waals surface area contributed by atoms with Gasteiger partial charge in [0.15, 0.2) is 0 Å². The summed E-state index contributed by atoms with van der Waals surface area (Å²) < 4.78 is 6.31. The molecule has 8 aromatic rings. The maximum atomic E-state index is 10.9. The van der Waals surface area contributed by atoms with Gasteiger partial charge in [0.1, 0.15) is 4.99 Å². The van der Waals surface area contributed by atoms with Crippen molar-refractivity contribution in [1.82, 2.24) is 29.1 Å². The number of nitrogens with two attached hydrogens (primary N) is 1. The van der Waals surface area contributed by atoms with Gasteiger partial charge in [-0.15, -0.1) is 0 Å². The predicted molar refractivity (Wildman–Crippen MR) is 219 cm³/mol. The van der Waals surface area contributed by atoms with Crippen LogP contribution < -0.4 is 10.8 Å². The molecule has 0 fully saturated rings. The first-order chi connectivity index (χ1) is 25.8. The second-order valence-corrected chi connectivity index (χ2v) is 13.0. The van der Waals surface area contributed by atoms with Crippen LogP contribution in [0.1, 0.15) is 22.6 Å². The molecule has 0 atom stereocenters. The molecule has 54 heavy (non-hydrogen) atoms. The van der Waals surface area contributed by atoms with E-state index < -0.39 is 7.12 Å². The van der Waals surface area contributed by atoms with Gasteiger partial charge in [-0.1, -0.05) is 170 Å². The largest absolute Gasteiger partial charge is 2.00 e. The Balaban J connectivity index is 0.000000273. The topological polar surface area (TPSA) is 103 Å². The van der Waals surface area contributed by atoms with Crippen molar-refractivity contribution in [2.24, 2.45) is 5.73 Å². The molecule has 3 aromatic heterocycles. The van der Waals surface area contributed by atoms with Crippen molar-refractivity contribution in [2.45, 2.75) is 20.8 Å². The molecule has 0 aliphatic carbocycles. The summed E-state index contributed by atoms with van der Waals surface area (Å²) in [5, 5.41) is 26.2. The third kappa shape index (κ3) is 9.55. The molecule has 0 radical (unpaired) electrons. The Bertz CT molecular complexity index is 2160. The van der Waals surface area contributed by atoms with Gasteiger partial charge in [0, 0.05) is 22.3 Å². The third-order valence-electron chi connectivity index (χ3n) is 8.78. The molecular weight excluding hydrogens is 739 g/mol. The molecule has 0 unspecified atom stereocenters. The number of aromatic nitrogens is 6. The summed E-state index contributed by atoms with van der Waals surface area (Å²) in [7, 11) is -1.55. The van der Waals surface area contributed by atoms with Gasteiger partial charge in [0.05, 0.1) is 17.1 Å². The Morgan fingerprint density at radius 3 is 1.06 bits per heavy atom. The van der Waals surface area contributed by atoms with Crippen LogP contribution >= 0.6 is 12.2 Å². The fourth-order valence-electron chi connectivity index (χ4n) is 6.08. The zero-order chi connectivity index (χ0) is 37.2. The normalized spacial score (nSPS) is 10.4. The standard InChI is InChI=1S/C30H28BN6.C7H7NOS.C6H6.Zn/c1-22-19-28(25-13-7-4-8-14-25)32-35(22)31(36-23(2)20-29(33-36)26-15-9-5-10-16-26)37-24(3)21-30(34-37)27-17-11-6-12-18-27;8-7(10)5-3-1-2-4-6(5)9;1-2-4-6-5-3-1;/h4-21,31H,1-3H3;1-4,9H,(H2,8,10);1-6H;/q-1;;;+2/p-1. The monoisotopic (exact) mass is 777 g/mol. The summed E-state index contributed by atoms with van der Waals surface area (Å²) in [5.74, 6) is -0.116. The van der Waals surface area contributed by atoms with Crippen molar-refractivity contribution >= 4 is 24.3 Å². The minimum atomic E-state index is -1.55. The summed E-state index contributed by atoms with van der Waals surface area (Å²) in [6, 6.07) is 55.8. The van der Waals surface area contributed by atoms with Crippen molar-refractivity contribution in [2.75, 3.05) is 0 Å². The number of hydrogen-bond acceptors (Lipinski definition) is 5. The summed E-state index contributed by atoms with van der Waals surface area (Å²) in [5.41, 5.74) is 14.9. The van der Waals surface area contributed by atoms with Crippen LogP contribution in [0.5, 0.6) is 5.75 Å². The second kappa shape index (κ2) is 18.7. The Morgan fingerprint density at radius 2 is 0.778 bits per heavy atom. The van der Waals surface area contributed by atoms with E-state index in [1.807, 2.05) is 91.0 Å². The quantitative estimate of drug-likeness (QED) is 0.130. The summed E-state index contributed by atoms with van der Waals surface area (Å²) in [6.07, 6.45) is 0. The molecule has 8 nitrogen and oxygen atoms in total. The van der Waals surface area contributed by atoms with Crippen LogP contribution in [0.4, 0.5) is 0 Å². The Hall–Kier alpha value is -5.89. The van der Waals surface area contributed by atoms with E-state index >= 15 is 0 Å². The molecule has 11 heteroatoms.